The Balaban J connectivity index is 1.33. The van der Waals surface area contributed by atoms with Crippen molar-refractivity contribution in [3.63, 3.8) is 0 Å². The van der Waals surface area contributed by atoms with Crippen LogP contribution in [0.3, 0.4) is 0 Å². The summed E-state index contributed by atoms with van der Waals surface area (Å²) in [7, 11) is 3.62. The van der Waals surface area contributed by atoms with Crippen LogP contribution in [0, 0.1) is 10.1 Å². The molecule has 0 unspecified atom stereocenters. The molecular formula is C30H26BN2O5-. The third-order valence-corrected chi connectivity index (χ3v) is 7.20. The first-order valence-corrected chi connectivity index (χ1v) is 12.5. The zero-order valence-corrected chi connectivity index (χ0v) is 21.2. The summed E-state index contributed by atoms with van der Waals surface area (Å²) in [6.07, 6.45) is 0. The Hall–Kier alpha value is -4.40. The van der Waals surface area contributed by atoms with Gasteiger partial charge in [0, 0.05) is 19.2 Å². The van der Waals surface area contributed by atoms with Crippen LogP contribution in [0.4, 0.5) is 5.69 Å². The molecule has 1 aliphatic rings. The Labute approximate surface area is 220 Å². The number of nitro groups is 1. The lowest BCUT2D eigenvalue weighted by Crippen LogP contribution is -2.60. The first kappa shape index (κ1) is 24.0. The molecule has 0 amide bonds. The lowest BCUT2D eigenvalue weighted by molar-refractivity contribution is -0.384. The Morgan fingerprint density at radius 1 is 0.816 bits per heavy atom. The van der Waals surface area contributed by atoms with Crippen molar-refractivity contribution in [2.24, 2.45) is 0 Å². The Kier molecular flexibility index (Phi) is 5.98. The highest BCUT2D eigenvalue weighted by molar-refractivity contribution is 6.77. The lowest BCUT2D eigenvalue weighted by Gasteiger charge is -2.36. The SMILES string of the molecule is CO[B@@-]1(c2ccccc2CN(C)Cc2c3ccccc3cc3ccccc23)Oc2ccc([N+](=O)[O-])cc2O1. The van der Waals surface area contributed by atoms with Gasteiger partial charge in [-0.15, -0.1) is 0 Å². The summed E-state index contributed by atoms with van der Waals surface area (Å²) in [5.74, 6) is 0.717. The van der Waals surface area contributed by atoms with Gasteiger partial charge in [0.25, 0.3) is 5.69 Å². The Morgan fingerprint density at radius 3 is 2.13 bits per heavy atom. The standard InChI is InChI=1S/C30H26BN2O5/c1-32(20-27-25-12-6-3-9-21(25)17-22-10-4-7-13-26(22)27)19-23-11-5-8-14-28(23)31(36-2)37-29-16-15-24(33(34)35)18-30(29)38-31/h3-18H,19-20H2,1-2H3/q-1/t31-/m0/s1. The maximum atomic E-state index is 11.3. The van der Waals surface area contributed by atoms with Gasteiger partial charge >= 0.3 is 6.75 Å². The largest absolute Gasteiger partial charge is 0.654 e. The number of hydrogen-bond donors (Lipinski definition) is 0. The van der Waals surface area contributed by atoms with Gasteiger partial charge in [-0.25, -0.2) is 0 Å². The monoisotopic (exact) mass is 505 g/mol. The fraction of sp³-hybridized carbons (Fsp3) is 0.133. The summed E-state index contributed by atoms with van der Waals surface area (Å²) >= 11 is 0. The van der Waals surface area contributed by atoms with E-state index in [1.54, 1.807) is 6.07 Å². The molecule has 0 radical (unpaired) electrons. The van der Waals surface area contributed by atoms with E-state index in [4.69, 9.17) is 14.0 Å². The van der Waals surface area contributed by atoms with Crippen molar-refractivity contribution < 1.29 is 18.9 Å². The summed E-state index contributed by atoms with van der Waals surface area (Å²) in [6, 6.07) is 31.4. The summed E-state index contributed by atoms with van der Waals surface area (Å²) < 4.78 is 18.2. The maximum Gasteiger partial charge on any atom is 0.523 e. The number of fused-ring (bicyclic) bond motifs is 3. The summed E-state index contributed by atoms with van der Waals surface area (Å²) in [5.41, 5.74) is 2.97. The van der Waals surface area contributed by atoms with E-state index in [2.05, 4.69) is 66.5 Å². The molecule has 0 fully saturated rings. The third kappa shape index (κ3) is 4.14. The van der Waals surface area contributed by atoms with E-state index >= 15 is 0 Å². The molecule has 0 aliphatic carbocycles. The summed E-state index contributed by atoms with van der Waals surface area (Å²) in [4.78, 5) is 13.1. The lowest BCUT2D eigenvalue weighted by atomic mass is 9.67. The summed E-state index contributed by atoms with van der Waals surface area (Å²) in [6.45, 7) is -1.02. The number of benzene rings is 5. The van der Waals surface area contributed by atoms with Gasteiger partial charge in [-0.05, 0) is 53.4 Å². The van der Waals surface area contributed by atoms with Gasteiger partial charge in [-0.2, -0.15) is 0 Å². The van der Waals surface area contributed by atoms with Crippen LogP contribution in [0.5, 0.6) is 11.5 Å². The van der Waals surface area contributed by atoms with Crippen LogP contribution in [-0.2, 0) is 17.7 Å². The van der Waals surface area contributed by atoms with Crippen molar-refractivity contribution in [1.29, 1.82) is 0 Å². The van der Waals surface area contributed by atoms with Gasteiger partial charge in [-0.1, -0.05) is 83.8 Å². The molecule has 190 valence electrons. The fourth-order valence-electron chi connectivity index (χ4n) is 5.43. The van der Waals surface area contributed by atoms with E-state index in [-0.39, 0.29) is 5.69 Å². The van der Waals surface area contributed by atoms with E-state index < -0.39 is 11.7 Å². The van der Waals surface area contributed by atoms with E-state index in [1.165, 1.54) is 46.4 Å². The Morgan fingerprint density at radius 2 is 1.45 bits per heavy atom. The van der Waals surface area contributed by atoms with Crippen LogP contribution in [0.2, 0.25) is 0 Å². The quantitative estimate of drug-likeness (QED) is 0.121. The molecule has 0 saturated carbocycles. The fourth-order valence-corrected chi connectivity index (χ4v) is 5.43. The van der Waals surface area contributed by atoms with Crippen molar-refractivity contribution in [2.45, 2.75) is 13.1 Å². The average molecular weight is 505 g/mol. The number of hydrogen-bond acceptors (Lipinski definition) is 6. The molecule has 5 aromatic carbocycles. The summed E-state index contributed by atoms with van der Waals surface area (Å²) in [5, 5.41) is 16.2. The van der Waals surface area contributed by atoms with Gasteiger partial charge in [0.05, 0.1) is 11.0 Å². The van der Waals surface area contributed by atoms with Gasteiger partial charge in [0.15, 0.2) is 0 Å². The van der Waals surface area contributed by atoms with Gasteiger partial charge in [0.2, 0.25) is 0 Å². The number of rotatable bonds is 7. The molecule has 38 heavy (non-hydrogen) atoms. The molecule has 8 heteroatoms. The van der Waals surface area contributed by atoms with Gasteiger partial charge < -0.3 is 14.0 Å². The highest BCUT2D eigenvalue weighted by Crippen LogP contribution is 2.40. The molecule has 0 aromatic heterocycles. The number of nitro benzene ring substituents is 1. The number of nitrogens with zero attached hydrogens (tertiary/aromatic N) is 2. The zero-order chi connectivity index (χ0) is 26.3. The van der Waals surface area contributed by atoms with Crippen LogP contribution in [-0.4, -0.2) is 30.7 Å². The van der Waals surface area contributed by atoms with Crippen LogP contribution >= 0.6 is 0 Å². The molecule has 0 saturated heterocycles. The van der Waals surface area contributed by atoms with E-state index in [1.807, 2.05) is 24.3 Å². The molecule has 1 heterocycles. The molecular weight excluding hydrogens is 479 g/mol. The van der Waals surface area contributed by atoms with Gasteiger partial charge in [-0.3, -0.25) is 15.0 Å². The third-order valence-electron chi connectivity index (χ3n) is 7.20. The van der Waals surface area contributed by atoms with Crippen molar-refractivity contribution >= 4 is 39.4 Å². The van der Waals surface area contributed by atoms with Crippen molar-refractivity contribution in [1.82, 2.24) is 4.90 Å². The second-order valence-corrected chi connectivity index (χ2v) is 9.67. The van der Waals surface area contributed by atoms with Crippen LogP contribution in [0.15, 0.2) is 97.1 Å². The molecule has 0 bridgehead atoms. The molecule has 0 spiro atoms. The van der Waals surface area contributed by atoms with Crippen molar-refractivity contribution in [3.8, 4) is 11.5 Å². The first-order valence-electron chi connectivity index (χ1n) is 12.5. The second-order valence-electron chi connectivity index (χ2n) is 9.67. The maximum absolute atomic E-state index is 11.3. The topological polar surface area (TPSA) is 74.1 Å². The Bertz CT molecular complexity index is 1640. The highest BCUT2D eigenvalue weighted by atomic mass is 16.8. The smallest absolute Gasteiger partial charge is 0.523 e. The van der Waals surface area contributed by atoms with E-state index in [9.17, 15) is 10.1 Å². The van der Waals surface area contributed by atoms with Crippen LogP contribution in [0.25, 0.3) is 21.5 Å². The molecule has 7 nitrogen and oxygen atoms in total. The number of non-ortho nitro benzene ring substituents is 1. The normalized spacial score (nSPS) is 16.4. The molecule has 1 aliphatic heterocycles. The minimum atomic E-state index is -2.37. The van der Waals surface area contributed by atoms with E-state index in [0.717, 1.165) is 17.6 Å². The van der Waals surface area contributed by atoms with Crippen molar-refractivity contribution in [2.75, 3.05) is 14.2 Å². The molecule has 0 N–H and O–H groups in total. The van der Waals surface area contributed by atoms with Crippen LogP contribution in [0.1, 0.15) is 11.1 Å². The zero-order valence-electron chi connectivity index (χ0n) is 21.2. The molecule has 1 atom stereocenters. The second kappa shape index (κ2) is 9.48. The first-order chi connectivity index (χ1) is 18.5. The molecule has 6 rings (SSSR count). The van der Waals surface area contributed by atoms with Crippen LogP contribution < -0.4 is 14.8 Å². The predicted octanol–water partition coefficient (Wildman–Crippen LogP) is 5.80. The van der Waals surface area contributed by atoms with E-state index in [0.29, 0.717) is 18.0 Å². The predicted molar refractivity (Wildman–Crippen MR) is 150 cm³/mol. The van der Waals surface area contributed by atoms with Crippen molar-refractivity contribution in [3.05, 3.63) is 118 Å². The average Bonchev–Trinajstić information content (AvgIpc) is 3.32. The van der Waals surface area contributed by atoms with Gasteiger partial charge in [0.1, 0.15) is 11.5 Å². The molecule has 5 aromatic rings. The minimum absolute atomic E-state index is 0.0645. The minimum Gasteiger partial charge on any atom is -0.654 e. The highest BCUT2D eigenvalue weighted by Gasteiger charge is 2.42.